The van der Waals surface area contributed by atoms with Crippen LogP contribution in [0.25, 0.3) is 0 Å². The first kappa shape index (κ1) is 93.9. The monoisotopic (exact) mass is 1580 g/mol. The Bertz CT molecular complexity index is 3730. The number of Topliss-reactive ketones (excluding diaryl/α,β-unsaturated/α-hetero) is 4. The number of ketones is 4. The predicted octanol–water partition coefficient (Wildman–Crippen LogP) is 8.32. The highest BCUT2D eigenvalue weighted by atomic mass is 16.3. The van der Waals surface area contributed by atoms with Crippen molar-refractivity contribution in [3.63, 3.8) is 0 Å². The second kappa shape index (κ2) is 45.3. The van der Waals surface area contributed by atoms with Crippen LogP contribution in [0.15, 0.2) is 91.0 Å². The first-order valence-corrected chi connectivity index (χ1v) is 41.7. The van der Waals surface area contributed by atoms with E-state index in [0.29, 0.717) is 42.6 Å². The molecule has 0 spiro atoms. The summed E-state index contributed by atoms with van der Waals surface area (Å²) in [6.07, 6.45) is 0.0358. The number of likely N-dealkylation sites (N-methyl/N-ethyl adjacent to an activating group) is 4. The normalized spacial score (nSPS) is 24.8. The Morgan fingerprint density at radius 1 is 0.544 bits per heavy atom. The zero-order valence-electron chi connectivity index (χ0n) is 70.7. The van der Waals surface area contributed by atoms with Crippen molar-refractivity contribution in [3.8, 4) is 0 Å². The first-order chi connectivity index (χ1) is 53.9. The van der Waals surface area contributed by atoms with E-state index in [1.54, 1.807) is 85.5 Å². The number of hydrogen-bond acceptors (Lipinski definition) is 15. The highest BCUT2D eigenvalue weighted by molar-refractivity contribution is 6.00. The lowest BCUT2D eigenvalue weighted by Gasteiger charge is -2.37. The van der Waals surface area contributed by atoms with Crippen molar-refractivity contribution in [2.45, 2.75) is 260 Å². The summed E-state index contributed by atoms with van der Waals surface area (Å²) in [7, 11) is 5.79. The summed E-state index contributed by atoms with van der Waals surface area (Å²) in [6.45, 7) is 22.6. The standard InChI is InChI=1S/C89H132N10O15/c1-17-59(10)81-84(109)93-80(61(12)100)77(104)53-65(49-62-31-22-18-23-32-62)87(112)99-44-30-37-70(99)74(101)38-39-79(106)94(13)71(46-56(4)5)76(103)52-66(86(111)95(14)72(51-64-35-26-20-27-36-64)75(102)48-60(11)85(110)98-42-28-21-29-43-98)54-78(105)90-41-40-67(58(8)9)82(107)91-69(50-63-33-24-19-25-34-63)88(113)96(15)73(47-57(6)7)83(108)92-68(45-55(2)3)89(114)97(81)16/h18-20,22-27,31-36,55-61,65-73,80-81,100H,17,21,28-30,37-54H2,1-16H3,(H,90,105)(H,91,107)(H,92,108)(H,93,109)/t59-,60+,61+,65+,66-,67+,68-,69-,70-,71-,72-,73-,80-,81-/m0/s1. The van der Waals surface area contributed by atoms with Gasteiger partial charge in [-0.2, -0.15) is 0 Å². The summed E-state index contributed by atoms with van der Waals surface area (Å²) >= 11 is 0. The number of amides is 10. The van der Waals surface area contributed by atoms with Gasteiger partial charge in [0.05, 0.1) is 30.1 Å². The van der Waals surface area contributed by atoms with E-state index in [-0.39, 0.29) is 113 Å². The maximum Gasteiger partial charge on any atom is 0.245 e. The third-order valence-electron chi connectivity index (χ3n) is 23.1. The molecular weight excluding hydrogens is 1450 g/mol. The van der Waals surface area contributed by atoms with Gasteiger partial charge in [-0.1, -0.05) is 174 Å². The Hall–Kier alpha value is -9.00. The number of aliphatic hydroxyl groups is 1. The SMILES string of the molecule is CC[C@H](C)[C@H]1C(=O)N[C@@H]([C@@H](C)O)C(=O)C[C@@H](Cc2ccccc2)C(=O)N2CCC[C@H]2C(=O)CCC(=O)N(C)[C@@H](CC(C)C)C(=O)C[C@H](C(=O)N(C)[C@@H](Cc2ccccc2)C(=O)C[C@@H](C)C(=O)N2CCCCC2)CC(=O)NCC[C@H](C(C)C)C(=O)N[C@@H](Cc2ccccc2)C(=O)N(C)[C@@H](CC(C)C)C(=O)N[C@@H](CC(C)C)C(=O)N1C. The highest BCUT2D eigenvalue weighted by Gasteiger charge is 2.45. The van der Waals surface area contributed by atoms with Crippen molar-refractivity contribution >= 4 is 82.2 Å². The van der Waals surface area contributed by atoms with Gasteiger partial charge in [0.1, 0.15) is 30.2 Å². The molecule has 0 radical (unpaired) electrons. The fourth-order valence-electron chi connectivity index (χ4n) is 16.3. The van der Waals surface area contributed by atoms with Crippen LogP contribution in [0.3, 0.4) is 0 Å². The molecule has 25 heteroatoms. The van der Waals surface area contributed by atoms with Crippen LogP contribution in [-0.2, 0) is 86.4 Å². The first-order valence-electron chi connectivity index (χ1n) is 41.7. The molecule has 3 aromatic rings. The topological polar surface area (TPSA) is 327 Å². The van der Waals surface area contributed by atoms with Gasteiger partial charge in [-0.3, -0.25) is 67.1 Å². The van der Waals surface area contributed by atoms with Gasteiger partial charge in [0.2, 0.25) is 59.1 Å². The van der Waals surface area contributed by atoms with Gasteiger partial charge < -0.3 is 55.8 Å². The van der Waals surface area contributed by atoms with Crippen LogP contribution in [0.2, 0.25) is 0 Å². The molecule has 0 bridgehead atoms. The maximum atomic E-state index is 15.6. The Balaban J connectivity index is 1.44. The van der Waals surface area contributed by atoms with Crippen LogP contribution < -0.4 is 21.3 Å². The molecule has 25 nitrogen and oxygen atoms in total. The summed E-state index contributed by atoms with van der Waals surface area (Å²) in [4.78, 5) is 218. The van der Waals surface area contributed by atoms with Gasteiger partial charge in [-0.15, -0.1) is 0 Å². The molecule has 628 valence electrons. The minimum atomic E-state index is -1.59. The molecule has 0 aromatic heterocycles. The van der Waals surface area contributed by atoms with Crippen molar-refractivity contribution in [3.05, 3.63) is 108 Å². The van der Waals surface area contributed by atoms with Gasteiger partial charge in [-0.25, -0.2) is 0 Å². The van der Waals surface area contributed by atoms with E-state index in [0.717, 1.165) is 19.3 Å². The van der Waals surface area contributed by atoms with Crippen LogP contribution in [0.1, 0.15) is 203 Å². The number of rotatable bonds is 22. The number of aliphatic hydroxyl groups excluding tert-OH is 1. The molecular formula is C89H132N10O15. The molecule has 6 rings (SSSR count). The summed E-state index contributed by atoms with van der Waals surface area (Å²) in [5.41, 5.74) is 2.08. The number of benzene rings is 3. The van der Waals surface area contributed by atoms with Gasteiger partial charge in [0.25, 0.3) is 0 Å². The lowest BCUT2D eigenvalue weighted by Crippen LogP contribution is -2.61. The zero-order valence-corrected chi connectivity index (χ0v) is 70.7. The van der Waals surface area contributed by atoms with Crippen LogP contribution in [0, 0.1) is 53.3 Å². The number of nitrogens with zero attached hydrogens (tertiary/aromatic N) is 6. The summed E-state index contributed by atoms with van der Waals surface area (Å²) < 4.78 is 0. The molecule has 3 saturated heterocycles. The largest absolute Gasteiger partial charge is 0.391 e. The van der Waals surface area contributed by atoms with Crippen molar-refractivity contribution in [1.29, 1.82) is 0 Å². The van der Waals surface area contributed by atoms with Gasteiger partial charge in [0.15, 0.2) is 23.1 Å². The Morgan fingerprint density at radius 3 is 1.66 bits per heavy atom. The minimum absolute atomic E-state index is 0.00361. The number of nitrogens with one attached hydrogen (secondary N) is 4. The lowest BCUT2D eigenvalue weighted by molar-refractivity contribution is -0.147. The number of likely N-dealkylation sites (tertiary alicyclic amines) is 1. The Morgan fingerprint density at radius 2 is 1.10 bits per heavy atom. The van der Waals surface area contributed by atoms with Crippen molar-refractivity contribution in [2.75, 3.05) is 54.4 Å². The van der Waals surface area contributed by atoms with Crippen molar-refractivity contribution in [1.82, 2.24) is 50.7 Å². The molecule has 10 amide bonds. The van der Waals surface area contributed by atoms with Crippen LogP contribution in [0.4, 0.5) is 0 Å². The van der Waals surface area contributed by atoms with E-state index in [4.69, 9.17) is 0 Å². The molecule has 0 aliphatic carbocycles. The molecule has 3 fully saturated rings. The van der Waals surface area contributed by atoms with Crippen LogP contribution >= 0.6 is 0 Å². The molecule has 3 aliphatic rings. The van der Waals surface area contributed by atoms with Gasteiger partial charge in [-0.05, 0) is 124 Å². The lowest BCUT2D eigenvalue weighted by atomic mass is 9.88. The Kier molecular flexibility index (Phi) is 37.3. The maximum absolute atomic E-state index is 15.6. The fraction of sp³-hybridized carbons (Fsp3) is 0.640. The summed E-state index contributed by atoms with van der Waals surface area (Å²) in [6, 6.07) is 17.1. The van der Waals surface area contributed by atoms with Crippen LogP contribution in [-0.4, -0.2) is 226 Å². The fourth-order valence-corrected chi connectivity index (χ4v) is 16.3. The number of piperidine rings is 1. The Labute approximate surface area is 676 Å². The van der Waals surface area contributed by atoms with E-state index in [1.807, 2.05) is 86.6 Å². The number of fused-ring (bicyclic) bond motifs is 1. The summed E-state index contributed by atoms with van der Waals surface area (Å²) in [5, 5.41) is 23.1. The van der Waals surface area contributed by atoms with Crippen molar-refractivity contribution in [2.24, 2.45) is 53.3 Å². The smallest absolute Gasteiger partial charge is 0.245 e. The second-order valence-electron chi connectivity index (χ2n) is 34.1. The van der Waals surface area contributed by atoms with Crippen LogP contribution in [0.5, 0.6) is 0 Å². The molecule has 0 saturated carbocycles. The van der Waals surface area contributed by atoms with Gasteiger partial charge >= 0.3 is 0 Å². The van der Waals surface area contributed by atoms with Crippen molar-refractivity contribution < 1.29 is 72.2 Å². The second-order valence-corrected chi connectivity index (χ2v) is 34.1. The minimum Gasteiger partial charge on any atom is -0.391 e. The predicted molar refractivity (Wildman–Crippen MR) is 437 cm³/mol. The number of hydrogen-bond donors (Lipinski definition) is 5. The average Bonchev–Trinajstić information content (AvgIpc) is 1.33. The molecule has 0 unspecified atom stereocenters. The van der Waals surface area contributed by atoms with E-state index in [1.165, 1.54) is 59.6 Å². The molecule has 14 atom stereocenters. The number of carbonyl (C=O) groups is 14. The summed E-state index contributed by atoms with van der Waals surface area (Å²) in [5.74, 6) is -13.7. The highest BCUT2D eigenvalue weighted by Crippen LogP contribution is 2.30. The molecule has 3 aliphatic heterocycles. The molecule has 5 N–H and O–H groups in total. The average molecular weight is 1580 g/mol. The molecule has 3 heterocycles. The van der Waals surface area contributed by atoms with E-state index < -0.39 is 180 Å². The number of carbonyl (C=O) groups excluding carboxylic acids is 14. The van der Waals surface area contributed by atoms with E-state index >= 15 is 33.6 Å². The van der Waals surface area contributed by atoms with Gasteiger partial charge in [0, 0.05) is 117 Å². The third-order valence-corrected chi connectivity index (χ3v) is 23.1. The zero-order chi connectivity index (χ0) is 84.4. The molecule has 3 aromatic carbocycles. The van der Waals surface area contributed by atoms with E-state index in [9.17, 15) is 38.7 Å². The quantitative estimate of drug-likeness (QED) is 0.0631. The molecule has 114 heavy (non-hydrogen) atoms. The van der Waals surface area contributed by atoms with E-state index in [2.05, 4.69) is 21.3 Å². The third kappa shape index (κ3) is 27.3.